The molecule has 2 unspecified atom stereocenters. The number of carbonyl (C=O) groups is 1. The molecule has 0 spiro atoms. The minimum atomic E-state index is -0.398. The second-order valence-corrected chi connectivity index (χ2v) is 5.10. The molecule has 1 amide bonds. The predicted octanol–water partition coefficient (Wildman–Crippen LogP) is 1.10. The second kappa shape index (κ2) is 5.10. The zero-order chi connectivity index (χ0) is 13.3. The number of aromatic nitrogens is 2. The largest absolute Gasteiger partial charge is 0.391 e. The van der Waals surface area contributed by atoms with E-state index in [4.69, 9.17) is 0 Å². The van der Waals surface area contributed by atoms with Gasteiger partial charge in [-0.05, 0) is 19.8 Å². The number of aliphatic hydroxyl groups excluding tert-OH is 1. The highest BCUT2D eigenvalue weighted by Gasteiger charge is 2.30. The van der Waals surface area contributed by atoms with Gasteiger partial charge in [0.25, 0.3) is 5.91 Å². The average Bonchev–Trinajstić information content (AvgIpc) is 2.69. The monoisotopic (exact) mass is 251 g/mol. The van der Waals surface area contributed by atoms with Crippen LogP contribution in [-0.4, -0.2) is 44.9 Å². The number of hydrogen-bond acceptors (Lipinski definition) is 3. The van der Waals surface area contributed by atoms with Crippen LogP contribution in [0.5, 0.6) is 0 Å². The summed E-state index contributed by atoms with van der Waals surface area (Å²) in [5, 5.41) is 14.1. The standard InChI is InChI=1S/C13H21N3O2/c1-9-10(8-14-16(9)3)13(18)15(2)11-6-4-5-7-12(11)17/h8,11-12,17H,4-7H2,1-3H3. The van der Waals surface area contributed by atoms with E-state index in [9.17, 15) is 9.90 Å². The van der Waals surface area contributed by atoms with Crippen LogP contribution in [0.25, 0.3) is 0 Å². The second-order valence-electron chi connectivity index (χ2n) is 5.10. The van der Waals surface area contributed by atoms with Crippen molar-refractivity contribution in [2.45, 2.75) is 44.8 Å². The first kappa shape index (κ1) is 13.1. The molecule has 1 heterocycles. The molecular weight excluding hydrogens is 230 g/mol. The smallest absolute Gasteiger partial charge is 0.257 e. The van der Waals surface area contributed by atoms with Crippen LogP contribution >= 0.6 is 0 Å². The van der Waals surface area contributed by atoms with E-state index in [1.54, 1.807) is 22.8 Å². The summed E-state index contributed by atoms with van der Waals surface area (Å²) in [6.45, 7) is 1.88. The molecule has 1 N–H and O–H groups in total. The van der Waals surface area contributed by atoms with Gasteiger partial charge in [-0.15, -0.1) is 0 Å². The summed E-state index contributed by atoms with van der Waals surface area (Å²) in [6, 6.07) is -0.0640. The summed E-state index contributed by atoms with van der Waals surface area (Å²) in [7, 11) is 3.59. The maximum Gasteiger partial charge on any atom is 0.257 e. The van der Waals surface area contributed by atoms with Crippen molar-refractivity contribution >= 4 is 5.91 Å². The first-order valence-electron chi connectivity index (χ1n) is 6.46. The van der Waals surface area contributed by atoms with Gasteiger partial charge in [-0.3, -0.25) is 9.48 Å². The normalized spacial score (nSPS) is 24.0. The number of likely N-dealkylation sites (N-methyl/N-ethyl adjacent to an activating group) is 1. The number of carbonyl (C=O) groups excluding carboxylic acids is 1. The molecule has 0 aromatic carbocycles. The fourth-order valence-electron chi connectivity index (χ4n) is 2.59. The molecule has 1 fully saturated rings. The molecule has 1 aromatic rings. The van der Waals surface area contributed by atoms with Crippen molar-refractivity contribution in [3.63, 3.8) is 0 Å². The van der Waals surface area contributed by atoms with Gasteiger partial charge < -0.3 is 10.0 Å². The van der Waals surface area contributed by atoms with Crippen molar-refractivity contribution in [2.75, 3.05) is 7.05 Å². The van der Waals surface area contributed by atoms with Crippen LogP contribution < -0.4 is 0 Å². The van der Waals surface area contributed by atoms with Crippen LogP contribution in [-0.2, 0) is 7.05 Å². The third-order valence-electron chi connectivity index (χ3n) is 3.98. The summed E-state index contributed by atoms with van der Waals surface area (Å²) in [5.41, 5.74) is 1.48. The zero-order valence-corrected chi connectivity index (χ0v) is 11.3. The number of aliphatic hydroxyl groups is 1. The van der Waals surface area contributed by atoms with E-state index in [0.29, 0.717) is 5.56 Å². The Balaban J connectivity index is 2.15. The van der Waals surface area contributed by atoms with Gasteiger partial charge in [0, 0.05) is 19.8 Å². The summed E-state index contributed by atoms with van der Waals surface area (Å²) in [5.74, 6) is -0.0495. The van der Waals surface area contributed by atoms with E-state index in [1.165, 1.54) is 0 Å². The molecule has 2 atom stereocenters. The van der Waals surface area contributed by atoms with Gasteiger partial charge in [0.05, 0.1) is 23.9 Å². The first-order valence-corrected chi connectivity index (χ1v) is 6.46. The van der Waals surface area contributed by atoms with E-state index in [-0.39, 0.29) is 11.9 Å². The highest BCUT2D eigenvalue weighted by molar-refractivity contribution is 5.95. The van der Waals surface area contributed by atoms with Crippen molar-refractivity contribution < 1.29 is 9.90 Å². The number of rotatable bonds is 2. The third kappa shape index (κ3) is 2.27. The maximum atomic E-state index is 12.4. The molecule has 100 valence electrons. The molecule has 0 bridgehead atoms. The highest BCUT2D eigenvalue weighted by Crippen LogP contribution is 2.24. The van der Waals surface area contributed by atoms with Crippen molar-refractivity contribution in [2.24, 2.45) is 7.05 Å². The summed E-state index contributed by atoms with van der Waals surface area (Å²) in [4.78, 5) is 14.1. The van der Waals surface area contributed by atoms with Crippen LogP contribution in [0.1, 0.15) is 41.7 Å². The molecule has 2 rings (SSSR count). The maximum absolute atomic E-state index is 12.4. The number of hydrogen-bond donors (Lipinski definition) is 1. The predicted molar refractivity (Wildman–Crippen MR) is 68.3 cm³/mol. The topological polar surface area (TPSA) is 58.4 Å². The van der Waals surface area contributed by atoms with E-state index in [1.807, 2.05) is 14.0 Å². The zero-order valence-electron chi connectivity index (χ0n) is 11.3. The van der Waals surface area contributed by atoms with Gasteiger partial charge in [-0.1, -0.05) is 12.8 Å². The Hall–Kier alpha value is -1.36. The van der Waals surface area contributed by atoms with Gasteiger partial charge in [-0.2, -0.15) is 5.10 Å². The van der Waals surface area contributed by atoms with Gasteiger partial charge in [-0.25, -0.2) is 0 Å². The number of aryl methyl sites for hydroxylation is 1. The molecule has 5 nitrogen and oxygen atoms in total. The lowest BCUT2D eigenvalue weighted by Crippen LogP contribution is -2.46. The van der Waals surface area contributed by atoms with E-state index >= 15 is 0 Å². The molecule has 1 saturated carbocycles. The SMILES string of the molecule is Cc1c(C(=O)N(C)C2CCCCC2O)cnn1C. The molecule has 1 aromatic heterocycles. The van der Waals surface area contributed by atoms with Gasteiger partial charge in [0.1, 0.15) is 0 Å². The lowest BCUT2D eigenvalue weighted by Gasteiger charge is -2.35. The number of amides is 1. The van der Waals surface area contributed by atoms with Crippen LogP contribution in [0.3, 0.4) is 0 Å². The van der Waals surface area contributed by atoms with E-state index < -0.39 is 6.10 Å². The Morgan fingerprint density at radius 3 is 2.72 bits per heavy atom. The van der Waals surface area contributed by atoms with Crippen LogP contribution in [0, 0.1) is 6.92 Å². The lowest BCUT2D eigenvalue weighted by atomic mass is 9.91. The minimum absolute atomic E-state index is 0.0495. The molecule has 1 aliphatic rings. The van der Waals surface area contributed by atoms with Crippen LogP contribution in [0.4, 0.5) is 0 Å². The average molecular weight is 251 g/mol. The molecule has 18 heavy (non-hydrogen) atoms. The van der Waals surface area contributed by atoms with Crippen molar-refractivity contribution in [1.82, 2.24) is 14.7 Å². The third-order valence-corrected chi connectivity index (χ3v) is 3.98. The lowest BCUT2D eigenvalue weighted by molar-refractivity contribution is 0.0267. The highest BCUT2D eigenvalue weighted by atomic mass is 16.3. The van der Waals surface area contributed by atoms with Gasteiger partial charge in [0.15, 0.2) is 0 Å². The minimum Gasteiger partial charge on any atom is -0.391 e. The Labute approximate surface area is 107 Å². The fourth-order valence-corrected chi connectivity index (χ4v) is 2.59. The Bertz CT molecular complexity index is 441. The first-order chi connectivity index (χ1) is 8.52. The van der Waals surface area contributed by atoms with Gasteiger partial charge in [0.2, 0.25) is 0 Å². The van der Waals surface area contributed by atoms with Crippen LogP contribution in [0.15, 0.2) is 6.20 Å². The fraction of sp³-hybridized carbons (Fsp3) is 0.692. The van der Waals surface area contributed by atoms with Crippen molar-refractivity contribution in [1.29, 1.82) is 0 Å². The Morgan fingerprint density at radius 1 is 1.50 bits per heavy atom. The molecule has 5 heteroatoms. The molecule has 0 radical (unpaired) electrons. The van der Waals surface area contributed by atoms with E-state index in [2.05, 4.69) is 5.10 Å². The Kier molecular flexibility index (Phi) is 3.71. The summed E-state index contributed by atoms with van der Waals surface area (Å²) in [6.07, 6.45) is 4.99. The van der Waals surface area contributed by atoms with Crippen molar-refractivity contribution in [3.05, 3.63) is 17.5 Å². The molecule has 0 saturated heterocycles. The molecule has 1 aliphatic carbocycles. The van der Waals surface area contributed by atoms with Crippen LogP contribution in [0.2, 0.25) is 0 Å². The van der Waals surface area contributed by atoms with Crippen molar-refractivity contribution in [3.8, 4) is 0 Å². The quantitative estimate of drug-likeness (QED) is 0.856. The molecular formula is C13H21N3O2. The number of nitrogens with zero attached hydrogens (tertiary/aromatic N) is 3. The van der Waals surface area contributed by atoms with Gasteiger partial charge >= 0.3 is 0 Å². The van der Waals surface area contributed by atoms with E-state index in [0.717, 1.165) is 31.4 Å². The summed E-state index contributed by atoms with van der Waals surface area (Å²) >= 11 is 0. The summed E-state index contributed by atoms with van der Waals surface area (Å²) < 4.78 is 1.69. The molecule has 0 aliphatic heterocycles. The Morgan fingerprint density at radius 2 is 2.17 bits per heavy atom.